The Morgan fingerprint density at radius 2 is 1.86 bits per heavy atom. The van der Waals surface area contributed by atoms with Crippen molar-refractivity contribution < 1.29 is 4.92 Å². The molecule has 0 unspecified atom stereocenters. The van der Waals surface area contributed by atoms with Crippen LogP contribution >= 0.6 is 0 Å². The van der Waals surface area contributed by atoms with E-state index in [1.807, 2.05) is 17.9 Å². The van der Waals surface area contributed by atoms with Gasteiger partial charge in [-0.2, -0.15) is 5.10 Å². The van der Waals surface area contributed by atoms with Crippen molar-refractivity contribution in [3.05, 3.63) is 64.1 Å². The molecule has 0 atom stereocenters. The first kappa shape index (κ1) is 19.0. The molecule has 0 aliphatic carbocycles. The van der Waals surface area contributed by atoms with Crippen LogP contribution in [0.4, 0.5) is 11.5 Å². The number of rotatable bonds is 5. The monoisotopic (exact) mass is 392 g/mol. The molecule has 1 saturated heterocycles. The van der Waals surface area contributed by atoms with Crippen LogP contribution < -0.4 is 4.90 Å². The maximum atomic E-state index is 10.9. The number of non-ortho nitro benzene ring substituents is 1. The zero-order chi connectivity index (χ0) is 20.4. The van der Waals surface area contributed by atoms with E-state index in [4.69, 9.17) is 4.98 Å². The van der Waals surface area contributed by atoms with Crippen molar-refractivity contribution in [1.29, 1.82) is 0 Å². The van der Waals surface area contributed by atoms with E-state index in [-0.39, 0.29) is 5.69 Å². The molecule has 1 aliphatic rings. The molecule has 1 aliphatic heterocycles. The molecule has 150 valence electrons. The number of hydrogen-bond donors (Lipinski definition) is 0. The Balaban J connectivity index is 1.56. The van der Waals surface area contributed by atoms with Crippen LogP contribution in [0.3, 0.4) is 0 Å². The number of nitro groups is 1. The molecule has 2 aromatic heterocycles. The van der Waals surface area contributed by atoms with E-state index >= 15 is 0 Å². The first-order chi connectivity index (χ1) is 14.0. The van der Waals surface area contributed by atoms with Crippen molar-refractivity contribution in [3.8, 4) is 11.4 Å². The van der Waals surface area contributed by atoms with Crippen LogP contribution in [0, 0.1) is 10.1 Å². The van der Waals surface area contributed by atoms with Gasteiger partial charge in [0, 0.05) is 67.4 Å². The van der Waals surface area contributed by atoms with Crippen molar-refractivity contribution in [2.45, 2.75) is 32.1 Å². The highest BCUT2D eigenvalue weighted by molar-refractivity contribution is 5.60. The number of aromatic nitrogens is 4. The number of benzene rings is 1. The second kappa shape index (κ2) is 7.98. The van der Waals surface area contributed by atoms with Crippen LogP contribution in [0.15, 0.2) is 42.6 Å². The summed E-state index contributed by atoms with van der Waals surface area (Å²) in [5, 5.41) is 15.2. The molecule has 0 saturated carbocycles. The van der Waals surface area contributed by atoms with Gasteiger partial charge in [-0.05, 0) is 37.5 Å². The fourth-order valence-corrected chi connectivity index (χ4v) is 3.88. The second-order valence-corrected chi connectivity index (χ2v) is 7.34. The van der Waals surface area contributed by atoms with Gasteiger partial charge in [-0.1, -0.05) is 6.92 Å². The maximum Gasteiger partial charge on any atom is 0.269 e. The predicted octanol–water partition coefficient (Wildman–Crippen LogP) is 3.73. The maximum absolute atomic E-state index is 10.9. The summed E-state index contributed by atoms with van der Waals surface area (Å²) >= 11 is 0. The summed E-state index contributed by atoms with van der Waals surface area (Å²) in [7, 11) is 2.00. The van der Waals surface area contributed by atoms with Gasteiger partial charge in [0.05, 0.1) is 4.92 Å². The Kier molecular flexibility index (Phi) is 5.24. The standard InChI is InChI=1S/C21H24N6O2/c1-3-17-14-20(24-21(23-17)16-4-6-18(7-5-16)27(28)29)26-12-9-15(10-13-26)19-8-11-22-25(19)2/h4-8,11,14-15H,3,9-10,12-13H2,1-2H3. The van der Waals surface area contributed by atoms with E-state index in [1.54, 1.807) is 12.1 Å². The van der Waals surface area contributed by atoms with Gasteiger partial charge >= 0.3 is 0 Å². The fourth-order valence-electron chi connectivity index (χ4n) is 3.88. The summed E-state index contributed by atoms with van der Waals surface area (Å²) in [6, 6.07) is 10.6. The smallest absolute Gasteiger partial charge is 0.269 e. The minimum atomic E-state index is -0.398. The third-order valence-corrected chi connectivity index (χ3v) is 5.56. The summed E-state index contributed by atoms with van der Waals surface area (Å²) in [5.41, 5.74) is 3.11. The molecule has 1 aromatic carbocycles. The van der Waals surface area contributed by atoms with Gasteiger partial charge in [0.2, 0.25) is 0 Å². The normalized spacial score (nSPS) is 14.9. The summed E-state index contributed by atoms with van der Waals surface area (Å²) in [6.07, 6.45) is 4.77. The summed E-state index contributed by atoms with van der Waals surface area (Å²) in [4.78, 5) is 22.2. The van der Waals surface area contributed by atoms with E-state index < -0.39 is 4.92 Å². The van der Waals surface area contributed by atoms with Crippen molar-refractivity contribution >= 4 is 11.5 Å². The molecule has 3 heterocycles. The predicted molar refractivity (Wildman–Crippen MR) is 111 cm³/mol. The van der Waals surface area contributed by atoms with Gasteiger partial charge < -0.3 is 4.90 Å². The van der Waals surface area contributed by atoms with Crippen LogP contribution in [-0.2, 0) is 13.5 Å². The first-order valence-corrected chi connectivity index (χ1v) is 9.90. The van der Waals surface area contributed by atoms with Gasteiger partial charge in [0.1, 0.15) is 5.82 Å². The number of anilines is 1. The van der Waals surface area contributed by atoms with Crippen molar-refractivity contribution in [2.75, 3.05) is 18.0 Å². The van der Waals surface area contributed by atoms with Crippen molar-refractivity contribution in [1.82, 2.24) is 19.7 Å². The molecular weight excluding hydrogens is 368 g/mol. The lowest BCUT2D eigenvalue weighted by atomic mass is 9.93. The Morgan fingerprint density at radius 3 is 2.45 bits per heavy atom. The van der Waals surface area contributed by atoms with E-state index in [2.05, 4.69) is 34.0 Å². The van der Waals surface area contributed by atoms with Crippen LogP contribution in [0.25, 0.3) is 11.4 Å². The molecule has 0 amide bonds. The van der Waals surface area contributed by atoms with E-state index in [0.717, 1.165) is 49.4 Å². The van der Waals surface area contributed by atoms with Crippen molar-refractivity contribution in [3.63, 3.8) is 0 Å². The second-order valence-electron chi connectivity index (χ2n) is 7.34. The highest BCUT2D eigenvalue weighted by Crippen LogP contribution is 2.30. The Hall–Kier alpha value is -3.29. The first-order valence-electron chi connectivity index (χ1n) is 9.90. The molecule has 0 bridgehead atoms. The summed E-state index contributed by atoms with van der Waals surface area (Å²) in [5.74, 6) is 2.05. The summed E-state index contributed by atoms with van der Waals surface area (Å²) in [6.45, 7) is 3.92. The molecule has 0 N–H and O–H groups in total. The topological polar surface area (TPSA) is 90.0 Å². The number of nitro benzene ring substituents is 1. The zero-order valence-corrected chi connectivity index (χ0v) is 16.7. The lowest BCUT2D eigenvalue weighted by Gasteiger charge is -2.33. The average molecular weight is 392 g/mol. The average Bonchev–Trinajstić information content (AvgIpc) is 3.19. The molecular formula is C21H24N6O2. The minimum absolute atomic E-state index is 0.0675. The molecule has 0 spiro atoms. The van der Waals surface area contributed by atoms with Gasteiger partial charge in [-0.25, -0.2) is 9.97 Å². The van der Waals surface area contributed by atoms with E-state index in [0.29, 0.717) is 11.7 Å². The minimum Gasteiger partial charge on any atom is -0.356 e. The van der Waals surface area contributed by atoms with Crippen LogP contribution in [0.5, 0.6) is 0 Å². The van der Waals surface area contributed by atoms with Gasteiger partial charge in [-0.3, -0.25) is 14.8 Å². The van der Waals surface area contributed by atoms with E-state index in [9.17, 15) is 10.1 Å². The van der Waals surface area contributed by atoms with Gasteiger partial charge in [0.15, 0.2) is 5.82 Å². The van der Waals surface area contributed by atoms with Gasteiger partial charge in [-0.15, -0.1) is 0 Å². The van der Waals surface area contributed by atoms with E-state index in [1.165, 1.54) is 17.8 Å². The van der Waals surface area contributed by atoms with Crippen LogP contribution in [0.1, 0.15) is 37.1 Å². The highest BCUT2D eigenvalue weighted by Gasteiger charge is 2.24. The lowest BCUT2D eigenvalue weighted by Crippen LogP contribution is -2.34. The molecule has 1 fully saturated rings. The number of piperidine rings is 1. The number of aryl methyl sites for hydroxylation is 2. The molecule has 0 radical (unpaired) electrons. The quantitative estimate of drug-likeness (QED) is 0.485. The largest absolute Gasteiger partial charge is 0.356 e. The zero-order valence-electron chi connectivity index (χ0n) is 16.7. The molecule has 29 heavy (non-hydrogen) atoms. The SMILES string of the molecule is CCc1cc(N2CCC(c3ccnn3C)CC2)nc(-c2ccc([N+](=O)[O-])cc2)n1. The highest BCUT2D eigenvalue weighted by atomic mass is 16.6. The van der Waals surface area contributed by atoms with Crippen LogP contribution in [-0.4, -0.2) is 37.8 Å². The van der Waals surface area contributed by atoms with Crippen molar-refractivity contribution in [2.24, 2.45) is 7.05 Å². The molecule has 4 rings (SSSR count). The Morgan fingerprint density at radius 1 is 1.14 bits per heavy atom. The molecule has 8 heteroatoms. The molecule has 3 aromatic rings. The third kappa shape index (κ3) is 3.96. The summed E-state index contributed by atoms with van der Waals surface area (Å²) < 4.78 is 1.97. The lowest BCUT2D eigenvalue weighted by molar-refractivity contribution is -0.384. The van der Waals surface area contributed by atoms with Gasteiger partial charge in [0.25, 0.3) is 5.69 Å². The third-order valence-electron chi connectivity index (χ3n) is 5.56. The Labute approximate surface area is 169 Å². The number of hydrogen-bond acceptors (Lipinski definition) is 6. The number of nitrogens with zero attached hydrogens (tertiary/aromatic N) is 6. The van der Waals surface area contributed by atoms with Crippen LogP contribution in [0.2, 0.25) is 0 Å². The fraction of sp³-hybridized carbons (Fsp3) is 0.381. The molecule has 8 nitrogen and oxygen atoms in total. The Bertz CT molecular complexity index is 1010.